The average molecular weight is 531 g/mol. The van der Waals surface area contributed by atoms with E-state index in [2.05, 4.69) is 9.97 Å². The summed E-state index contributed by atoms with van der Waals surface area (Å²) in [5.74, 6) is -0.224. The normalized spacial score (nSPS) is 12.5. The molecule has 2 aromatic rings. The van der Waals surface area contributed by atoms with Crippen LogP contribution in [0, 0.1) is 0 Å². The molecule has 0 aliphatic carbocycles. The second-order valence-electron chi connectivity index (χ2n) is 8.06. The fourth-order valence-corrected chi connectivity index (χ4v) is 6.29. The van der Waals surface area contributed by atoms with Crippen LogP contribution in [0.3, 0.4) is 0 Å². The van der Waals surface area contributed by atoms with Gasteiger partial charge in [0.25, 0.3) is 0 Å². The van der Waals surface area contributed by atoms with Gasteiger partial charge in [-0.25, -0.2) is 0 Å². The fourth-order valence-electron chi connectivity index (χ4n) is 3.45. The van der Waals surface area contributed by atoms with Gasteiger partial charge in [0.1, 0.15) is 0 Å². The highest BCUT2D eigenvalue weighted by Crippen LogP contribution is 2.43. The number of nitrogens with zero attached hydrogens (tertiary/aromatic N) is 4. The highest BCUT2D eigenvalue weighted by atomic mass is 33.1. The Hall–Kier alpha value is -2.66. The van der Waals surface area contributed by atoms with E-state index in [9.17, 15) is 19.8 Å². The van der Waals surface area contributed by atoms with Crippen molar-refractivity contribution in [3.05, 3.63) is 81.4 Å². The van der Waals surface area contributed by atoms with Crippen molar-refractivity contribution in [1.29, 1.82) is 0 Å². The first-order valence-electron chi connectivity index (χ1n) is 11.6. The summed E-state index contributed by atoms with van der Waals surface area (Å²) in [6.45, 7) is 7.35. The molecule has 0 fully saturated rings. The van der Waals surface area contributed by atoms with E-state index in [4.69, 9.17) is 0 Å². The van der Waals surface area contributed by atoms with Crippen molar-refractivity contribution in [1.82, 2.24) is 19.8 Å². The van der Waals surface area contributed by atoms with E-state index in [0.717, 1.165) is 32.3 Å². The van der Waals surface area contributed by atoms with E-state index in [-0.39, 0.29) is 25.0 Å². The van der Waals surface area contributed by atoms with Crippen LogP contribution >= 0.6 is 21.6 Å². The largest absolute Gasteiger partial charge is 0.396 e. The van der Waals surface area contributed by atoms with E-state index in [1.807, 2.05) is 38.1 Å². The number of aliphatic hydroxyl groups is 2. The molecule has 8 nitrogen and oxygen atoms in total. The summed E-state index contributed by atoms with van der Waals surface area (Å²) >= 11 is 0. The first-order valence-corrected chi connectivity index (χ1v) is 13.7. The zero-order chi connectivity index (χ0) is 26.5. The molecular formula is C26H34N4O4S2. The van der Waals surface area contributed by atoms with E-state index < -0.39 is 0 Å². The Morgan fingerprint density at radius 3 is 1.42 bits per heavy atom. The van der Waals surface area contributed by atoms with E-state index in [1.165, 1.54) is 35.4 Å². The van der Waals surface area contributed by atoms with E-state index in [0.29, 0.717) is 25.9 Å². The summed E-state index contributed by atoms with van der Waals surface area (Å²) < 4.78 is 0. The van der Waals surface area contributed by atoms with Gasteiger partial charge in [-0.15, -0.1) is 0 Å². The maximum atomic E-state index is 12.5. The number of aliphatic hydroxyl groups excluding tert-OH is 2. The van der Waals surface area contributed by atoms with Gasteiger partial charge < -0.3 is 20.0 Å². The summed E-state index contributed by atoms with van der Waals surface area (Å²) in [5.41, 5.74) is 3.30. The first-order chi connectivity index (χ1) is 17.3. The Morgan fingerprint density at radius 2 is 1.14 bits per heavy atom. The molecule has 0 atom stereocenters. The standard InChI is InChI=1S/C26H34N4O4S2/c1-19(29(21(3)33)17-23-7-5-11-27-15-23)25(9-13-31)35-36-26(10-14-32)20(2)30(22(4)34)18-24-8-6-12-28-16-24/h5-8,11-12,15-16,31-32H,9-10,13-14,17-18H2,1-4H3/b25-19-,26-20-. The number of carbonyl (C=O) groups is 2. The Bertz CT molecular complexity index is 977. The molecule has 10 heteroatoms. The Labute approximate surface area is 220 Å². The van der Waals surface area contributed by atoms with Crippen LogP contribution in [0.15, 0.2) is 70.3 Å². The van der Waals surface area contributed by atoms with E-state index in [1.54, 1.807) is 34.6 Å². The van der Waals surface area contributed by atoms with Crippen molar-refractivity contribution in [2.45, 2.75) is 53.6 Å². The topological polar surface area (TPSA) is 107 Å². The molecular weight excluding hydrogens is 496 g/mol. The van der Waals surface area contributed by atoms with Crippen LogP contribution < -0.4 is 0 Å². The summed E-state index contributed by atoms with van der Waals surface area (Å²) in [6.07, 6.45) is 7.56. The highest BCUT2D eigenvalue weighted by Gasteiger charge is 2.20. The number of hydrogen-bond donors (Lipinski definition) is 2. The van der Waals surface area contributed by atoms with Crippen molar-refractivity contribution in [2.24, 2.45) is 0 Å². The molecule has 2 heterocycles. The average Bonchev–Trinajstić information content (AvgIpc) is 2.87. The van der Waals surface area contributed by atoms with Crippen LogP contribution in [0.25, 0.3) is 0 Å². The third kappa shape index (κ3) is 9.09. The minimum absolute atomic E-state index is 0.0719. The second kappa shape index (κ2) is 15.5. The van der Waals surface area contributed by atoms with Gasteiger partial charge >= 0.3 is 0 Å². The first kappa shape index (κ1) is 29.6. The van der Waals surface area contributed by atoms with Gasteiger partial charge in [0, 0.05) is 85.9 Å². The number of allylic oxidation sites excluding steroid dienone is 2. The molecule has 0 unspecified atom stereocenters. The molecule has 2 amide bonds. The SMILES string of the molecule is CC(=O)N(Cc1cccnc1)/C(C)=C(/CCO)SS/C(CCO)=C(/C)N(Cc1cccnc1)C(C)=O. The van der Waals surface area contributed by atoms with Crippen LogP contribution in [0.5, 0.6) is 0 Å². The van der Waals surface area contributed by atoms with Gasteiger partial charge in [-0.2, -0.15) is 0 Å². The molecule has 0 aromatic carbocycles. The van der Waals surface area contributed by atoms with Gasteiger partial charge in [0.15, 0.2) is 0 Å². The molecule has 194 valence electrons. The summed E-state index contributed by atoms with van der Waals surface area (Å²) in [7, 11) is 2.86. The molecule has 36 heavy (non-hydrogen) atoms. The molecule has 0 saturated heterocycles. The molecule has 2 N–H and O–H groups in total. The van der Waals surface area contributed by atoms with Gasteiger partial charge in [-0.1, -0.05) is 33.7 Å². The number of carbonyl (C=O) groups excluding carboxylic acids is 2. The van der Waals surface area contributed by atoms with Crippen molar-refractivity contribution in [2.75, 3.05) is 13.2 Å². The highest BCUT2D eigenvalue weighted by molar-refractivity contribution is 8.79. The Morgan fingerprint density at radius 1 is 0.750 bits per heavy atom. The van der Waals surface area contributed by atoms with Crippen LogP contribution in [0.4, 0.5) is 0 Å². The summed E-state index contributed by atoms with van der Waals surface area (Å²) in [6, 6.07) is 7.47. The second-order valence-corrected chi connectivity index (χ2v) is 10.4. The lowest BCUT2D eigenvalue weighted by Crippen LogP contribution is -2.27. The molecule has 0 spiro atoms. The minimum atomic E-state index is -0.112. The fraction of sp³-hybridized carbons (Fsp3) is 0.385. The molecule has 0 aliphatic rings. The number of hydrogen-bond acceptors (Lipinski definition) is 8. The maximum Gasteiger partial charge on any atom is 0.223 e. The smallest absolute Gasteiger partial charge is 0.223 e. The molecule has 2 rings (SSSR count). The third-order valence-corrected chi connectivity index (χ3v) is 8.37. The van der Waals surface area contributed by atoms with Gasteiger partial charge in [-0.05, 0) is 37.1 Å². The molecule has 0 radical (unpaired) electrons. The summed E-state index contributed by atoms with van der Waals surface area (Å²) in [4.78, 5) is 38.2. The van der Waals surface area contributed by atoms with Gasteiger partial charge in [-0.3, -0.25) is 19.6 Å². The molecule has 2 aromatic heterocycles. The third-order valence-electron chi connectivity index (χ3n) is 5.42. The molecule has 0 aliphatic heterocycles. The van der Waals surface area contributed by atoms with Crippen LogP contribution in [-0.2, 0) is 22.7 Å². The lowest BCUT2D eigenvalue weighted by atomic mass is 10.2. The molecule has 0 bridgehead atoms. The van der Waals surface area contributed by atoms with E-state index >= 15 is 0 Å². The number of amides is 2. The van der Waals surface area contributed by atoms with Crippen LogP contribution in [0.2, 0.25) is 0 Å². The molecule has 0 saturated carbocycles. The maximum absolute atomic E-state index is 12.5. The Balaban J connectivity index is 2.33. The monoisotopic (exact) mass is 530 g/mol. The zero-order valence-electron chi connectivity index (χ0n) is 21.2. The van der Waals surface area contributed by atoms with Crippen molar-refractivity contribution >= 4 is 33.4 Å². The Kier molecular flexibility index (Phi) is 12.7. The van der Waals surface area contributed by atoms with Crippen LogP contribution in [0.1, 0.15) is 51.7 Å². The number of pyridine rings is 2. The van der Waals surface area contributed by atoms with Crippen molar-refractivity contribution in [3.63, 3.8) is 0 Å². The predicted octanol–water partition coefficient (Wildman–Crippen LogP) is 4.48. The zero-order valence-corrected chi connectivity index (χ0v) is 22.8. The summed E-state index contributed by atoms with van der Waals surface area (Å²) in [5, 5.41) is 19.4. The van der Waals surface area contributed by atoms with Gasteiger partial charge in [0.2, 0.25) is 11.8 Å². The van der Waals surface area contributed by atoms with Crippen molar-refractivity contribution in [3.8, 4) is 0 Å². The predicted molar refractivity (Wildman–Crippen MR) is 145 cm³/mol. The van der Waals surface area contributed by atoms with Crippen LogP contribution in [-0.4, -0.2) is 55.0 Å². The minimum Gasteiger partial charge on any atom is -0.396 e. The quantitative estimate of drug-likeness (QED) is 0.365. The van der Waals surface area contributed by atoms with Gasteiger partial charge in [0.05, 0.1) is 13.1 Å². The lowest BCUT2D eigenvalue weighted by Gasteiger charge is -2.26. The number of rotatable bonds is 13. The van der Waals surface area contributed by atoms with Crippen molar-refractivity contribution < 1.29 is 19.8 Å². The lowest BCUT2D eigenvalue weighted by molar-refractivity contribution is -0.128. The number of aromatic nitrogens is 2.